The number of halogens is 3. The Morgan fingerprint density at radius 1 is 0.929 bits per heavy atom. The number of allylic oxidation sites excluding steroid dienone is 1. The molecule has 13 heteroatoms. The first-order valence-corrected chi connectivity index (χ1v) is 12.9. The highest BCUT2D eigenvalue weighted by Crippen LogP contribution is 2.35. The van der Waals surface area contributed by atoms with Gasteiger partial charge >= 0.3 is 6.18 Å². The molecule has 4 N–H and O–H groups in total. The molecular formula is C29H27F3N4O5S. The number of methoxy groups -OCH3 is 2. The van der Waals surface area contributed by atoms with Crippen molar-refractivity contribution in [3.63, 3.8) is 0 Å². The maximum absolute atomic E-state index is 13.5. The molecule has 2 amide bonds. The fraction of sp³-hybridized carbons (Fsp3) is 0.207. The average Bonchev–Trinajstić information content (AvgIpc) is 2.95. The zero-order chi connectivity index (χ0) is 30.4. The van der Waals surface area contributed by atoms with E-state index in [1.807, 2.05) is 0 Å². The highest BCUT2D eigenvalue weighted by Gasteiger charge is 2.32. The van der Waals surface area contributed by atoms with Gasteiger partial charge < -0.3 is 35.5 Å². The van der Waals surface area contributed by atoms with Gasteiger partial charge in [0.15, 0.2) is 23.2 Å². The van der Waals surface area contributed by atoms with Gasteiger partial charge in [0.1, 0.15) is 5.75 Å². The van der Waals surface area contributed by atoms with E-state index in [9.17, 15) is 22.8 Å². The summed E-state index contributed by atoms with van der Waals surface area (Å²) in [6.07, 6.45) is -4.54. The third-order valence-electron chi connectivity index (χ3n) is 6.22. The summed E-state index contributed by atoms with van der Waals surface area (Å²) in [6.45, 7) is 1.24. The Hall–Kier alpha value is -4.78. The quantitative estimate of drug-likeness (QED) is 0.249. The molecule has 0 aromatic heterocycles. The molecule has 9 nitrogen and oxygen atoms in total. The second kappa shape index (κ2) is 12.8. The standard InChI is InChI=1S/C29H27F3N4O5S/c1-16-25(27(38)35-20-9-4-5-10-21(20)39-2)26(36-28(42)33-16)17-11-12-22(23(13-17)40-3)41-15-24(37)34-19-8-6-7-18(14-19)29(30,31)32/h4-14,26H,15H2,1-3H3,(H,34,37)(H,35,38)(H2,33,36,42). The zero-order valence-electron chi connectivity index (χ0n) is 22.7. The molecule has 4 rings (SSSR count). The van der Waals surface area contributed by atoms with Gasteiger partial charge in [0.25, 0.3) is 11.8 Å². The number of thiocarbonyl (C=S) groups is 1. The van der Waals surface area contributed by atoms with E-state index in [1.54, 1.807) is 49.4 Å². The molecule has 0 fully saturated rings. The van der Waals surface area contributed by atoms with Crippen molar-refractivity contribution in [2.24, 2.45) is 0 Å². The molecule has 1 aliphatic rings. The largest absolute Gasteiger partial charge is 0.495 e. The monoisotopic (exact) mass is 600 g/mol. The fourth-order valence-corrected chi connectivity index (χ4v) is 4.55. The lowest BCUT2D eigenvalue weighted by atomic mass is 9.94. The van der Waals surface area contributed by atoms with Gasteiger partial charge in [-0.3, -0.25) is 9.59 Å². The summed E-state index contributed by atoms with van der Waals surface area (Å²) in [4.78, 5) is 25.8. The van der Waals surface area contributed by atoms with Crippen LogP contribution in [0.2, 0.25) is 0 Å². The van der Waals surface area contributed by atoms with E-state index >= 15 is 0 Å². The summed E-state index contributed by atoms with van der Waals surface area (Å²) in [6, 6.07) is 15.5. The van der Waals surface area contributed by atoms with Crippen LogP contribution < -0.4 is 35.5 Å². The molecule has 0 saturated heterocycles. The van der Waals surface area contributed by atoms with Crippen LogP contribution in [-0.4, -0.2) is 37.8 Å². The summed E-state index contributed by atoms with van der Waals surface area (Å²) in [5, 5.41) is 11.7. The first kappa shape index (κ1) is 30.2. The predicted octanol–water partition coefficient (Wildman–Crippen LogP) is 5.17. The second-order valence-electron chi connectivity index (χ2n) is 9.05. The normalized spacial score (nSPS) is 14.8. The maximum Gasteiger partial charge on any atom is 0.416 e. The van der Waals surface area contributed by atoms with Crippen LogP contribution in [0.4, 0.5) is 24.5 Å². The Kier molecular flexibility index (Phi) is 9.21. The van der Waals surface area contributed by atoms with E-state index in [4.69, 9.17) is 26.4 Å². The van der Waals surface area contributed by atoms with E-state index in [-0.39, 0.29) is 17.2 Å². The molecule has 0 aliphatic carbocycles. The molecule has 0 radical (unpaired) electrons. The summed E-state index contributed by atoms with van der Waals surface area (Å²) in [7, 11) is 2.91. The fourth-order valence-electron chi connectivity index (χ4n) is 4.28. The number of anilines is 2. The van der Waals surface area contributed by atoms with Crippen molar-refractivity contribution in [2.75, 3.05) is 31.5 Å². The van der Waals surface area contributed by atoms with Crippen LogP contribution >= 0.6 is 12.2 Å². The second-order valence-corrected chi connectivity index (χ2v) is 9.46. The minimum Gasteiger partial charge on any atom is -0.495 e. The summed E-state index contributed by atoms with van der Waals surface area (Å²) in [5.74, 6) is -0.103. The van der Waals surface area contributed by atoms with E-state index in [0.717, 1.165) is 12.1 Å². The lowest BCUT2D eigenvalue weighted by Gasteiger charge is -2.30. The van der Waals surface area contributed by atoms with E-state index < -0.39 is 36.2 Å². The molecule has 1 atom stereocenters. The van der Waals surface area contributed by atoms with E-state index in [1.165, 1.54) is 26.4 Å². The lowest BCUT2D eigenvalue weighted by molar-refractivity contribution is -0.137. The molecule has 1 heterocycles. The molecule has 1 unspecified atom stereocenters. The molecule has 1 aliphatic heterocycles. The number of amides is 2. The first-order valence-electron chi connectivity index (χ1n) is 12.5. The Labute approximate surface area is 245 Å². The number of hydrogen-bond donors (Lipinski definition) is 4. The number of alkyl halides is 3. The van der Waals surface area contributed by atoms with Crippen LogP contribution in [0.15, 0.2) is 78.0 Å². The number of benzene rings is 3. The third-order valence-corrected chi connectivity index (χ3v) is 6.44. The predicted molar refractivity (Wildman–Crippen MR) is 154 cm³/mol. The van der Waals surface area contributed by atoms with Crippen LogP contribution in [0.25, 0.3) is 0 Å². The van der Waals surface area contributed by atoms with Crippen LogP contribution in [0.5, 0.6) is 17.2 Å². The highest BCUT2D eigenvalue weighted by molar-refractivity contribution is 7.80. The van der Waals surface area contributed by atoms with Crippen LogP contribution in [0.1, 0.15) is 24.1 Å². The number of nitrogens with one attached hydrogen (secondary N) is 4. The van der Waals surface area contributed by atoms with Gasteiger partial charge in [-0.15, -0.1) is 0 Å². The van der Waals surface area contributed by atoms with Gasteiger partial charge in [-0.1, -0.05) is 24.3 Å². The summed E-state index contributed by atoms with van der Waals surface area (Å²) >= 11 is 5.34. The number of para-hydroxylation sites is 2. The Morgan fingerprint density at radius 3 is 2.38 bits per heavy atom. The Bertz CT molecular complexity index is 1540. The summed E-state index contributed by atoms with van der Waals surface area (Å²) in [5.41, 5.74) is 1.11. The van der Waals surface area contributed by atoms with Gasteiger partial charge in [-0.2, -0.15) is 13.2 Å². The lowest BCUT2D eigenvalue weighted by Crippen LogP contribution is -2.45. The number of rotatable bonds is 9. The van der Waals surface area contributed by atoms with Gasteiger partial charge in [0, 0.05) is 11.4 Å². The molecule has 42 heavy (non-hydrogen) atoms. The molecule has 0 bridgehead atoms. The van der Waals surface area contributed by atoms with Gasteiger partial charge in [-0.25, -0.2) is 0 Å². The van der Waals surface area contributed by atoms with Crippen molar-refractivity contribution in [3.8, 4) is 17.2 Å². The van der Waals surface area contributed by atoms with Gasteiger partial charge in [0.2, 0.25) is 0 Å². The van der Waals surface area contributed by atoms with Crippen LogP contribution in [-0.2, 0) is 15.8 Å². The number of carbonyl (C=O) groups excluding carboxylic acids is 2. The number of ether oxygens (including phenoxy) is 3. The third kappa shape index (κ3) is 7.10. The first-order chi connectivity index (χ1) is 20.0. The Morgan fingerprint density at radius 2 is 1.67 bits per heavy atom. The number of hydrogen-bond acceptors (Lipinski definition) is 6. The summed E-state index contributed by atoms with van der Waals surface area (Å²) < 4.78 is 55.3. The van der Waals surface area contributed by atoms with Crippen LogP contribution in [0, 0.1) is 0 Å². The molecule has 3 aromatic rings. The minimum atomic E-state index is -4.54. The topological polar surface area (TPSA) is 110 Å². The van der Waals surface area contributed by atoms with Crippen molar-refractivity contribution in [1.29, 1.82) is 0 Å². The molecule has 0 spiro atoms. The SMILES string of the molecule is COc1ccccc1NC(=O)C1=C(C)NC(=S)NC1c1ccc(OCC(=O)Nc2cccc(C(F)(F)F)c2)c(OC)c1. The van der Waals surface area contributed by atoms with Crippen molar-refractivity contribution < 1.29 is 37.0 Å². The van der Waals surface area contributed by atoms with Crippen molar-refractivity contribution in [1.82, 2.24) is 10.6 Å². The van der Waals surface area contributed by atoms with Crippen molar-refractivity contribution in [2.45, 2.75) is 19.1 Å². The molecule has 220 valence electrons. The van der Waals surface area contributed by atoms with Crippen molar-refractivity contribution >= 4 is 40.5 Å². The van der Waals surface area contributed by atoms with Gasteiger partial charge in [-0.05, 0) is 67.2 Å². The molecule has 0 saturated carbocycles. The molecular weight excluding hydrogens is 573 g/mol. The van der Waals surface area contributed by atoms with Crippen molar-refractivity contribution in [3.05, 3.63) is 89.1 Å². The number of carbonyl (C=O) groups is 2. The van der Waals surface area contributed by atoms with Crippen LogP contribution in [0.3, 0.4) is 0 Å². The molecule has 3 aromatic carbocycles. The van der Waals surface area contributed by atoms with E-state index in [0.29, 0.717) is 33.4 Å². The smallest absolute Gasteiger partial charge is 0.416 e. The zero-order valence-corrected chi connectivity index (χ0v) is 23.5. The minimum absolute atomic E-state index is 0.0187. The average molecular weight is 601 g/mol. The highest BCUT2D eigenvalue weighted by atomic mass is 32.1. The maximum atomic E-state index is 13.5. The van der Waals surface area contributed by atoms with Gasteiger partial charge in [0.05, 0.1) is 37.1 Å². The Balaban J connectivity index is 1.51. The van der Waals surface area contributed by atoms with E-state index in [2.05, 4.69) is 21.3 Å².